The lowest BCUT2D eigenvalue weighted by Gasteiger charge is -2.21. The Hall–Kier alpha value is -0.570. The number of amides is 1. The number of hydrogen-bond acceptors (Lipinski definition) is 2. The van der Waals surface area contributed by atoms with Crippen LogP contribution in [0.1, 0.15) is 32.6 Å². The van der Waals surface area contributed by atoms with Crippen molar-refractivity contribution >= 4 is 5.91 Å². The summed E-state index contributed by atoms with van der Waals surface area (Å²) >= 11 is 0. The molecule has 0 aliphatic heterocycles. The molecular weight excluding hydrogens is 176 g/mol. The summed E-state index contributed by atoms with van der Waals surface area (Å²) in [5.74, 6) is 2.92. The van der Waals surface area contributed by atoms with Gasteiger partial charge >= 0.3 is 0 Å². The van der Waals surface area contributed by atoms with Crippen molar-refractivity contribution in [2.45, 2.75) is 32.6 Å². The molecule has 3 unspecified atom stereocenters. The Balaban J connectivity index is 1.60. The zero-order chi connectivity index (χ0) is 9.97. The van der Waals surface area contributed by atoms with E-state index in [9.17, 15) is 4.79 Å². The predicted octanol–water partition coefficient (Wildman–Crippen LogP) is 1.11. The second-order valence-electron chi connectivity index (χ2n) is 4.80. The molecule has 0 spiro atoms. The van der Waals surface area contributed by atoms with Crippen LogP contribution in [-0.2, 0) is 4.79 Å². The molecule has 0 aromatic rings. The standard InChI is InChI=1S/C11H20N2O/c1-8(14)13-7-12-6-11-5-9-2-3-10(11)4-9/h9-12H,2-7H2,1H3,(H,13,14). The topological polar surface area (TPSA) is 41.1 Å². The first-order valence-corrected chi connectivity index (χ1v) is 5.71. The van der Waals surface area contributed by atoms with E-state index in [0.717, 1.165) is 24.3 Å². The lowest BCUT2D eigenvalue weighted by Crippen LogP contribution is -2.36. The van der Waals surface area contributed by atoms with Crippen LogP contribution in [0.5, 0.6) is 0 Å². The van der Waals surface area contributed by atoms with Gasteiger partial charge < -0.3 is 5.32 Å². The highest BCUT2D eigenvalue weighted by molar-refractivity contribution is 5.72. The van der Waals surface area contributed by atoms with E-state index in [1.807, 2.05) is 0 Å². The van der Waals surface area contributed by atoms with Crippen molar-refractivity contribution in [2.75, 3.05) is 13.2 Å². The maximum atomic E-state index is 10.6. The SMILES string of the molecule is CC(=O)NCNCC1CC2CCC1C2. The summed E-state index contributed by atoms with van der Waals surface area (Å²) in [5.41, 5.74) is 0. The molecule has 2 rings (SSSR count). The van der Waals surface area contributed by atoms with Gasteiger partial charge in [0.25, 0.3) is 0 Å². The molecule has 2 aliphatic rings. The van der Waals surface area contributed by atoms with Gasteiger partial charge in [0.15, 0.2) is 0 Å². The van der Waals surface area contributed by atoms with Gasteiger partial charge in [-0.25, -0.2) is 0 Å². The van der Waals surface area contributed by atoms with E-state index in [2.05, 4.69) is 10.6 Å². The molecule has 3 nitrogen and oxygen atoms in total. The first kappa shape index (κ1) is 9.97. The Morgan fingerprint density at radius 2 is 2.21 bits per heavy atom. The van der Waals surface area contributed by atoms with Crippen LogP contribution in [0.3, 0.4) is 0 Å². The average Bonchev–Trinajstić information content (AvgIpc) is 2.73. The van der Waals surface area contributed by atoms with Gasteiger partial charge in [-0.05, 0) is 43.6 Å². The number of fused-ring (bicyclic) bond motifs is 2. The molecule has 80 valence electrons. The zero-order valence-electron chi connectivity index (χ0n) is 8.88. The molecule has 2 N–H and O–H groups in total. The van der Waals surface area contributed by atoms with Crippen molar-refractivity contribution in [1.82, 2.24) is 10.6 Å². The maximum absolute atomic E-state index is 10.6. The van der Waals surface area contributed by atoms with Crippen molar-refractivity contribution < 1.29 is 4.79 Å². The van der Waals surface area contributed by atoms with Crippen LogP contribution >= 0.6 is 0 Å². The minimum Gasteiger partial charge on any atom is -0.344 e. The molecule has 3 atom stereocenters. The van der Waals surface area contributed by atoms with Gasteiger partial charge in [-0.15, -0.1) is 0 Å². The molecule has 1 amide bonds. The van der Waals surface area contributed by atoms with Gasteiger partial charge in [0, 0.05) is 6.92 Å². The first-order chi connectivity index (χ1) is 6.75. The Labute approximate surface area is 85.6 Å². The number of rotatable bonds is 4. The van der Waals surface area contributed by atoms with Crippen molar-refractivity contribution in [3.05, 3.63) is 0 Å². The van der Waals surface area contributed by atoms with E-state index in [1.165, 1.54) is 25.7 Å². The van der Waals surface area contributed by atoms with Crippen LogP contribution in [0.4, 0.5) is 0 Å². The van der Waals surface area contributed by atoms with E-state index < -0.39 is 0 Å². The highest BCUT2D eigenvalue weighted by Gasteiger charge is 2.38. The summed E-state index contributed by atoms with van der Waals surface area (Å²) in [6.45, 7) is 3.27. The second-order valence-corrected chi connectivity index (χ2v) is 4.80. The van der Waals surface area contributed by atoms with Crippen LogP contribution in [0, 0.1) is 17.8 Å². The maximum Gasteiger partial charge on any atom is 0.217 e. The van der Waals surface area contributed by atoms with E-state index in [-0.39, 0.29) is 5.91 Å². The van der Waals surface area contributed by atoms with Crippen molar-refractivity contribution in [2.24, 2.45) is 17.8 Å². The quantitative estimate of drug-likeness (QED) is 0.522. The monoisotopic (exact) mass is 196 g/mol. The first-order valence-electron chi connectivity index (χ1n) is 5.71. The average molecular weight is 196 g/mol. The smallest absolute Gasteiger partial charge is 0.217 e. The number of nitrogens with one attached hydrogen (secondary N) is 2. The fourth-order valence-electron chi connectivity index (χ4n) is 3.07. The molecular formula is C11H20N2O. The molecule has 2 aliphatic carbocycles. The largest absolute Gasteiger partial charge is 0.344 e. The minimum absolute atomic E-state index is 0.0467. The summed E-state index contributed by atoms with van der Waals surface area (Å²) in [6.07, 6.45) is 5.79. The highest BCUT2D eigenvalue weighted by atomic mass is 16.1. The third kappa shape index (κ3) is 2.27. The van der Waals surface area contributed by atoms with Gasteiger partial charge in [0.05, 0.1) is 6.67 Å². The molecule has 0 radical (unpaired) electrons. The molecule has 0 aromatic heterocycles. The normalized spacial score (nSPS) is 34.8. The van der Waals surface area contributed by atoms with Gasteiger partial charge in [0.2, 0.25) is 5.91 Å². The molecule has 14 heavy (non-hydrogen) atoms. The highest BCUT2D eigenvalue weighted by Crippen LogP contribution is 2.47. The molecule has 2 fully saturated rings. The van der Waals surface area contributed by atoms with E-state index >= 15 is 0 Å². The molecule has 2 saturated carbocycles. The van der Waals surface area contributed by atoms with Crippen LogP contribution in [0.25, 0.3) is 0 Å². The second kappa shape index (κ2) is 4.30. The predicted molar refractivity (Wildman–Crippen MR) is 55.6 cm³/mol. The molecule has 2 bridgehead atoms. The molecule has 0 saturated heterocycles. The Morgan fingerprint density at radius 3 is 2.79 bits per heavy atom. The third-order valence-corrected chi connectivity index (χ3v) is 3.75. The van der Waals surface area contributed by atoms with E-state index in [1.54, 1.807) is 6.92 Å². The molecule has 0 aromatic carbocycles. The molecule has 0 heterocycles. The molecule has 3 heteroatoms. The zero-order valence-corrected chi connectivity index (χ0v) is 8.88. The summed E-state index contributed by atoms with van der Waals surface area (Å²) in [6, 6.07) is 0. The van der Waals surface area contributed by atoms with Crippen LogP contribution in [0.2, 0.25) is 0 Å². The summed E-state index contributed by atoms with van der Waals surface area (Å²) in [4.78, 5) is 10.6. The fraction of sp³-hybridized carbons (Fsp3) is 0.909. The third-order valence-electron chi connectivity index (χ3n) is 3.75. The Morgan fingerprint density at radius 1 is 1.36 bits per heavy atom. The van der Waals surface area contributed by atoms with Gasteiger partial charge in [0.1, 0.15) is 0 Å². The van der Waals surface area contributed by atoms with Gasteiger partial charge in [-0.2, -0.15) is 0 Å². The fourth-order valence-corrected chi connectivity index (χ4v) is 3.07. The van der Waals surface area contributed by atoms with Gasteiger partial charge in [-0.1, -0.05) is 6.42 Å². The lowest BCUT2D eigenvalue weighted by atomic mass is 9.89. The van der Waals surface area contributed by atoms with Crippen LogP contribution in [0.15, 0.2) is 0 Å². The summed E-state index contributed by atoms with van der Waals surface area (Å²) < 4.78 is 0. The Kier molecular flexibility index (Phi) is 3.06. The number of carbonyl (C=O) groups is 1. The summed E-state index contributed by atoms with van der Waals surface area (Å²) in [7, 11) is 0. The van der Waals surface area contributed by atoms with Gasteiger partial charge in [-0.3, -0.25) is 10.1 Å². The Bertz CT molecular complexity index is 217. The van der Waals surface area contributed by atoms with E-state index in [0.29, 0.717) is 6.67 Å². The summed E-state index contributed by atoms with van der Waals surface area (Å²) in [5, 5.41) is 6.08. The minimum atomic E-state index is 0.0467. The number of carbonyl (C=O) groups excluding carboxylic acids is 1. The van der Waals surface area contributed by atoms with Crippen LogP contribution in [-0.4, -0.2) is 19.1 Å². The van der Waals surface area contributed by atoms with Crippen molar-refractivity contribution in [3.63, 3.8) is 0 Å². The number of hydrogen-bond donors (Lipinski definition) is 2. The van der Waals surface area contributed by atoms with E-state index in [4.69, 9.17) is 0 Å². The van der Waals surface area contributed by atoms with Crippen molar-refractivity contribution in [1.29, 1.82) is 0 Å². The van der Waals surface area contributed by atoms with Crippen LogP contribution < -0.4 is 10.6 Å². The lowest BCUT2D eigenvalue weighted by molar-refractivity contribution is -0.119. The van der Waals surface area contributed by atoms with Crippen molar-refractivity contribution in [3.8, 4) is 0 Å².